The van der Waals surface area contributed by atoms with Crippen molar-refractivity contribution in [3.05, 3.63) is 11.6 Å². The van der Waals surface area contributed by atoms with Crippen LogP contribution in [0, 0.1) is 50.2 Å². The van der Waals surface area contributed by atoms with Gasteiger partial charge < -0.3 is 89.3 Å². The summed E-state index contributed by atoms with van der Waals surface area (Å²) in [5.41, 5.74) is -1.01. The summed E-state index contributed by atoms with van der Waals surface area (Å²) in [4.78, 5) is 36.9. The molecule has 410 valence electrons. The average molecular weight is 1030 g/mol. The SMILES string of the molecule is C[C@@H]1O[C@@H](O[C@H]2[C@H](O[C@H]3[C@H](O[C@H]4CC[C@@]5(C)[C@H](CC[C@]6(C)[C@@H]5CC=C5[C@@H]7CC(C)(C)C[C@@H](OC(=O)CC(=O)O)[C@]7(C)CC[C@]56C)[C@@]4(C)CO)O[C@H](C(=O)O)[C@@H](O)[C@@H]3O)O[C@H](CO)[C@H](O)[C@@H]2O)[C@H](O)[C@H](O)[C@H]1O. The first-order valence-electron chi connectivity index (χ1n) is 25.8. The van der Waals surface area contributed by atoms with Crippen LogP contribution in [-0.2, 0) is 47.5 Å². The first kappa shape index (κ1) is 55.8. The Hall–Kier alpha value is -2.45. The van der Waals surface area contributed by atoms with Crippen molar-refractivity contribution < 1.29 is 104 Å². The van der Waals surface area contributed by atoms with Gasteiger partial charge in [0.05, 0.1) is 25.4 Å². The normalized spacial score (nSPS) is 52.1. The number of allylic oxidation sites excluding steroid dienone is 2. The van der Waals surface area contributed by atoms with E-state index in [4.69, 9.17) is 33.2 Å². The van der Waals surface area contributed by atoms with Crippen molar-refractivity contribution in [3.63, 3.8) is 0 Å². The molecule has 5 aliphatic carbocycles. The van der Waals surface area contributed by atoms with Gasteiger partial charge in [0.1, 0.15) is 73.6 Å². The molecule has 0 aromatic rings. The van der Waals surface area contributed by atoms with Crippen LogP contribution in [0.1, 0.15) is 120 Å². The lowest BCUT2D eigenvalue weighted by Gasteiger charge is -2.72. The Kier molecular flexibility index (Phi) is 15.4. The fourth-order valence-electron chi connectivity index (χ4n) is 15.6. The molecule has 3 heterocycles. The molecule has 4 saturated carbocycles. The molecule has 0 unspecified atom stereocenters. The second-order valence-corrected chi connectivity index (χ2v) is 24.6. The number of aliphatic carboxylic acids is 2. The molecule has 72 heavy (non-hydrogen) atoms. The molecule has 0 aromatic carbocycles. The van der Waals surface area contributed by atoms with E-state index in [1.54, 1.807) is 0 Å². The number of fused-ring (bicyclic) bond motifs is 7. The maximum atomic E-state index is 12.9. The molecule has 0 spiro atoms. The molecule has 25 atom stereocenters. The maximum absolute atomic E-state index is 12.9. The highest BCUT2D eigenvalue weighted by atomic mass is 16.8. The number of hydrogen-bond acceptors (Lipinski definition) is 19. The molecule has 21 heteroatoms. The van der Waals surface area contributed by atoms with Crippen LogP contribution in [0.25, 0.3) is 0 Å². The van der Waals surface area contributed by atoms with E-state index in [0.717, 1.165) is 32.1 Å². The molecule has 3 aliphatic heterocycles. The smallest absolute Gasteiger partial charge is 0.335 e. The minimum Gasteiger partial charge on any atom is -0.481 e. The zero-order chi connectivity index (χ0) is 53.0. The number of carbonyl (C=O) groups is 3. The zero-order valence-electron chi connectivity index (χ0n) is 42.6. The molecule has 0 amide bonds. The molecule has 8 rings (SSSR count). The van der Waals surface area contributed by atoms with Crippen LogP contribution in [0.5, 0.6) is 0 Å². The summed E-state index contributed by atoms with van der Waals surface area (Å²) in [7, 11) is 0. The minimum absolute atomic E-state index is 0.0912. The Morgan fingerprint density at radius 2 is 1.29 bits per heavy atom. The van der Waals surface area contributed by atoms with E-state index in [1.165, 1.54) is 12.5 Å². The van der Waals surface area contributed by atoms with E-state index in [2.05, 4.69) is 47.6 Å². The summed E-state index contributed by atoms with van der Waals surface area (Å²) in [5, 5.41) is 118. The van der Waals surface area contributed by atoms with Crippen LogP contribution < -0.4 is 0 Å². The topological polar surface area (TPSA) is 338 Å². The Balaban J connectivity index is 1.07. The van der Waals surface area contributed by atoms with E-state index in [9.17, 15) is 70.6 Å². The Morgan fingerprint density at radius 3 is 1.92 bits per heavy atom. The van der Waals surface area contributed by atoms with E-state index < -0.39 is 146 Å². The minimum atomic E-state index is -2.10. The summed E-state index contributed by atoms with van der Waals surface area (Å²) in [6.07, 6.45) is -19.9. The summed E-state index contributed by atoms with van der Waals surface area (Å²) in [5.74, 6) is -3.50. The van der Waals surface area contributed by atoms with Crippen LogP contribution in [0.15, 0.2) is 11.6 Å². The monoisotopic (exact) mass is 1030 g/mol. The van der Waals surface area contributed by atoms with Gasteiger partial charge in [0.15, 0.2) is 25.0 Å². The number of carboxylic acids is 2. The van der Waals surface area contributed by atoms with Gasteiger partial charge in [0, 0.05) is 10.8 Å². The van der Waals surface area contributed by atoms with Crippen molar-refractivity contribution in [2.24, 2.45) is 50.2 Å². The highest BCUT2D eigenvalue weighted by molar-refractivity contribution is 5.90. The second kappa shape index (κ2) is 19.8. The molecule has 3 saturated heterocycles. The summed E-state index contributed by atoms with van der Waals surface area (Å²) < 4.78 is 42.3. The van der Waals surface area contributed by atoms with Crippen LogP contribution in [-0.4, -0.2) is 192 Å². The second-order valence-electron chi connectivity index (χ2n) is 24.6. The number of hydrogen-bond donors (Lipinski definition) is 11. The largest absolute Gasteiger partial charge is 0.481 e. The lowest BCUT2D eigenvalue weighted by molar-refractivity contribution is -0.396. The number of esters is 1. The van der Waals surface area contributed by atoms with Crippen LogP contribution in [0.4, 0.5) is 0 Å². The first-order chi connectivity index (χ1) is 33.5. The quantitative estimate of drug-likeness (QED) is 0.0555. The van der Waals surface area contributed by atoms with Gasteiger partial charge in [0.2, 0.25) is 0 Å². The maximum Gasteiger partial charge on any atom is 0.335 e. The van der Waals surface area contributed by atoms with Crippen molar-refractivity contribution >= 4 is 17.9 Å². The van der Waals surface area contributed by atoms with Gasteiger partial charge >= 0.3 is 17.9 Å². The lowest BCUT2D eigenvalue weighted by Crippen LogP contribution is -2.68. The highest BCUT2D eigenvalue weighted by Gasteiger charge is 2.70. The fraction of sp³-hybridized carbons (Fsp3) is 0.902. The molecule has 11 N–H and O–H groups in total. The molecule has 0 bridgehead atoms. The number of ether oxygens (including phenoxy) is 7. The number of aliphatic hydroxyl groups is 9. The van der Waals surface area contributed by atoms with Crippen LogP contribution in [0.2, 0.25) is 0 Å². The predicted molar refractivity (Wildman–Crippen MR) is 247 cm³/mol. The van der Waals surface area contributed by atoms with E-state index in [-0.39, 0.29) is 46.0 Å². The molecule has 0 radical (unpaired) electrons. The Bertz CT molecular complexity index is 2050. The molecular weight excluding hydrogens is 949 g/mol. The van der Waals surface area contributed by atoms with Gasteiger partial charge in [-0.05, 0) is 104 Å². The highest BCUT2D eigenvalue weighted by Crippen LogP contribution is 2.76. The molecule has 21 nitrogen and oxygen atoms in total. The summed E-state index contributed by atoms with van der Waals surface area (Å²) in [6, 6.07) is 0. The van der Waals surface area contributed by atoms with Gasteiger partial charge in [-0.2, -0.15) is 0 Å². The summed E-state index contributed by atoms with van der Waals surface area (Å²) >= 11 is 0. The molecule has 8 aliphatic rings. The Labute approximate surface area is 419 Å². The summed E-state index contributed by atoms with van der Waals surface area (Å²) in [6.45, 7) is 15.8. The third kappa shape index (κ3) is 9.08. The van der Waals surface area contributed by atoms with Gasteiger partial charge in [-0.15, -0.1) is 0 Å². The third-order valence-electron chi connectivity index (χ3n) is 20.0. The average Bonchev–Trinajstić information content (AvgIpc) is 3.30. The van der Waals surface area contributed by atoms with Crippen LogP contribution >= 0.6 is 0 Å². The van der Waals surface area contributed by atoms with E-state index in [0.29, 0.717) is 25.7 Å². The molecule has 0 aromatic heterocycles. The van der Waals surface area contributed by atoms with E-state index in [1.807, 2.05) is 6.92 Å². The fourth-order valence-corrected chi connectivity index (χ4v) is 15.6. The number of aliphatic hydroxyl groups excluding tert-OH is 9. The lowest BCUT2D eigenvalue weighted by atomic mass is 9.33. The number of rotatable bonds is 12. The zero-order valence-corrected chi connectivity index (χ0v) is 42.6. The van der Waals surface area contributed by atoms with Crippen molar-refractivity contribution in [3.8, 4) is 0 Å². The van der Waals surface area contributed by atoms with Crippen LogP contribution in [0.3, 0.4) is 0 Å². The third-order valence-corrected chi connectivity index (χ3v) is 20.0. The molecular formula is C51H80O21. The number of carboxylic acid groups (broad SMARTS) is 2. The van der Waals surface area contributed by atoms with Gasteiger partial charge in [-0.3, -0.25) is 9.59 Å². The van der Waals surface area contributed by atoms with Crippen molar-refractivity contribution in [2.45, 2.75) is 224 Å². The van der Waals surface area contributed by atoms with Gasteiger partial charge in [0.25, 0.3) is 0 Å². The Morgan fingerprint density at radius 1 is 0.653 bits per heavy atom. The van der Waals surface area contributed by atoms with Crippen molar-refractivity contribution in [1.29, 1.82) is 0 Å². The number of carbonyl (C=O) groups excluding carboxylic acids is 1. The van der Waals surface area contributed by atoms with Gasteiger partial charge in [-0.1, -0.05) is 60.1 Å². The van der Waals surface area contributed by atoms with Gasteiger partial charge in [-0.25, -0.2) is 4.79 Å². The molecule has 7 fully saturated rings. The van der Waals surface area contributed by atoms with Crippen molar-refractivity contribution in [2.75, 3.05) is 13.2 Å². The van der Waals surface area contributed by atoms with Crippen molar-refractivity contribution in [1.82, 2.24) is 0 Å². The van der Waals surface area contributed by atoms with E-state index >= 15 is 0 Å². The standard InChI is InChI=1S/C51H80O21/c1-22-32(57)34(59)38(63)43(66-22)71-40-35(60)33(58)25(20-52)67-44(40)72-41-37(62)36(61)39(42(64)65)70-45(41)69-28-12-13-48(5)26(49(28,6)21-53)11-14-51(8)27(48)10-9-23-24-18-46(2,3)19-29(68-31(56)17-30(54)55)47(24,4)15-16-50(23,51)7/h9,22,24-29,32-41,43-45,52-53,57-63H,10-21H2,1-8H3,(H,54,55)(H,64,65)/t22-,24-,25+,26-,27+,28-,29+,32-,33-,34+,35-,36-,37-,38+,39-,40+,41+,43-,44-,45+,47+,48-,49+,50+,51+/m0/s1. The first-order valence-corrected chi connectivity index (χ1v) is 25.8. The predicted octanol–water partition coefficient (Wildman–Crippen LogP) is 0.730.